The van der Waals surface area contributed by atoms with Crippen LogP contribution in [0.1, 0.15) is 44.6 Å². The van der Waals surface area contributed by atoms with Gasteiger partial charge in [0.05, 0.1) is 11.0 Å². The molecule has 0 saturated heterocycles. The van der Waals surface area contributed by atoms with Gasteiger partial charge in [-0.15, -0.1) is 0 Å². The zero-order chi connectivity index (χ0) is 13.3. The van der Waals surface area contributed by atoms with Crippen molar-refractivity contribution in [2.24, 2.45) is 11.7 Å². The number of fused-ring (bicyclic) bond motifs is 1. The maximum Gasteiger partial charge on any atom is 0.106 e. The van der Waals surface area contributed by atoms with Crippen molar-refractivity contribution in [3.05, 3.63) is 29.6 Å². The number of aromatic nitrogens is 2. The number of rotatable bonds is 4. The van der Waals surface area contributed by atoms with Crippen LogP contribution in [0.2, 0.25) is 0 Å². The number of benzene rings is 1. The molecule has 2 rings (SSSR count). The molecule has 0 aliphatic heterocycles. The van der Waals surface area contributed by atoms with Gasteiger partial charge in [-0.3, -0.25) is 0 Å². The third kappa shape index (κ3) is 2.41. The monoisotopic (exact) mass is 245 g/mol. The van der Waals surface area contributed by atoms with Crippen LogP contribution in [0.5, 0.6) is 0 Å². The van der Waals surface area contributed by atoms with Gasteiger partial charge in [-0.05, 0) is 43.9 Å². The third-order valence-electron chi connectivity index (χ3n) is 3.43. The van der Waals surface area contributed by atoms with Crippen molar-refractivity contribution in [1.82, 2.24) is 9.55 Å². The number of hydrogen-bond donors (Lipinski definition) is 1. The summed E-state index contributed by atoms with van der Waals surface area (Å²) in [5, 5.41) is 0. The standard InChI is InChI=1S/C15H23N3/c1-5-18-11(4)17-14-9-12(6-7-15(14)18)13(16)8-10(2)3/h6-7,9-10,13H,5,8,16H2,1-4H3. The number of hydrogen-bond acceptors (Lipinski definition) is 2. The molecule has 3 heteroatoms. The second-order valence-corrected chi connectivity index (χ2v) is 5.39. The Kier molecular flexibility index (Phi) is 3.71. The average Bonchev–Trinajstić information content (AvgIpc) is 2.62. The van der Waals surface area contributed by atoms with Crippen LogP contribution in [0.15, 0.2) is 18.2 Å². The molecular weight excluding hydrogens is 222 g/mol. The largest absolute Gasteiger partial charge is 0.329 e. The van der Waals surface area contributed by atoms with Crippen LogP contribution in [0.4, 0.5) is 0 Å². The highest BCUT2D eigenvalue weighted by Gasteiger charge is 2.11. The van der Waals surface area contributed by atoms with Crippen molar-refractivity contribution in [2.45, 2.75) is 46.7 Å². The second kappa shape index (κ2) is 5.11. The van der Waals surface area contributed by atoms with E-state index in [2.05, 4.69) is 55.4 Å². The predicted molar refractivity (Wildman–Crippen MR) is 76.5 cm³/mol. The van der Waals surface area contributed by atoms with Gasteiger partial charge in [-0.2, -0.15) is 0 Å². The summed E-state index contributed by atoms with van der Waals surface area (Å²) in [4.78, 5) is 4.61. The molecule has 0 fully saturated rings. The van der Waals surface area contributed by atoms with Gasteiger partial charge in [-0.25, -0.2) is 4.98 Å². The lowest BCUT2D eigenvalue weighted by molar-refractivity contribution is 0.510. The van der Waals surface area contributed by atoms with Crippen LogP contribution in [-0.4, -0.2) is 9.55 Å². The van der Waals surface area contributed by atoms with Crippen molar-refractivity contribution in [1.29, 1.82) is 0 Å². The highest BCUT2D eigenvalue weighted by atomic mass is 15.1. The van der Waals surface area contributed by atoms with Gasteiger partial charge >= 0.3 is 0 Å². The van der Waals surface area contributed by atoms with E-state index in [1.165, 1.54) is 11.1 Å². The Hall–Kier alpha value is -1.35. The Morgan fingerprint density at radius 2 is 2.06 bits per heavy atom. The Morgan fingerprint density at radius 1 is 1.33 bits per heavy atom. The van der Waals surface area contributed by atoms with Crippen LogP contribution < -0.4 is 5.73 Å². The van der Waals surface area contributed by atoms with E-state index >= 15 is 0 Å². The van der Waals surface area contributed by atoms with Crippen LogP contribution in [-0.2, 0) is 6.54 Å². The maximum absolute atomic E-state index is 6.23. The minimum Gasteiger partial charge on any atom is -0.329 e. The highest BCUT2D eigenvalue weighted by molar-refractivity contribution is 5.77. The average molecular weight is 245 g/mol. The predicted octanol–water partition coefficient (Wildman–Crippen LogP) is 3.41. The van der Waals surface area contributed by atoms with Crippen molar-refractivity contribution in [3.8, 4) is 0 Å². The molecule has 0 aliphatic rings. The molecule has 98 valence electrons. The van der Waals surface area contributed by atoms with Gasteiger partial charge in [0.1, 0.15) is 5.82 Å². The smallest absolute Gasteiger partial charge is 0.106 e. The molecular formula is C15H23N3. The van der Waals surface area contributed by atoms with Crippen LogP contribution in [0.25, 0.3) is 11.0 Å². The summed E-state index contributed by atoms with van der Waals surface area (Å²) in [6.07, 6.45) is 1.01. The van der Waals surface area contributed by atoms with E-state index in [1.807, 2.05) is 0 Å². The van der Waals surface area contributed by atoms with Crippen molar-refractivity contribution in [2.75, 3.05) is 0 Å². The molecule has 1 aromatic carbocycles. The summed E-state index contributed by atoms with van der Waals surface area (Å²) in [5.41, 5.74) is 9.69. The maximum atomic E-state index is 6.23. The Bertz CT molecular complexity index is 540. The van der Waals surface area contributed by atoms with E-state index in [0.717, 1.165) is 24.3 Å². The van der Waals surface area contributed by atoms with E-state index in [9.17, 15) is 0 Å². The van der Waals surface area contributed by atoms with Crippen molar-refractivity contribution < 1.29 is 0 Å². The molecule has 18 heavy (non-hydrogen) atoms. The summed E-state index contributed by atoms with van der Waals surface area (Å²) < 4.78 is 2.23. The SMILES string of the molecule is CCn1c(C)nc2cc(C(N)CC(C)C)ccc21. The lowest BCUT2D eigenvalue weighted by atomic mass is 9.97. The molecule has 0 amide bonds. The normalized spacial score (nSPS) is 13.4. The molecule has 1 atom stereocenters. The van der Waals surface area contributed by atoms with Crippen LogP contribution >= 0.6 is 0 Å². The van der Waals surface area contributed by atoms with Gasteiger partial charge in [0.15, 0.2) is 0 Å². The van der Waals surface area contributed by atoms with Crippen molar-refractivity contribution in [3.63, 3.8) is 0 Å². The van der Waals surface area contributed by atoms with E-state index in [1.54, 1.807) is 0 Å². The molecule has 3 nitrogen and oxygen atoms in total. The number of nitrogens with zero attached hydrogens (tertiary/aromatic N) is 2. The van der Waals surface area contributed by atoms with Crippen LogP contribution in [0, 0.1) is 12.8 Å². The van der Waals surface area contributed by atoms with Gasteiger partial charge in [-0.1, -0.05) is 19.9 Å². The first-order valence-electron chi connectivity index (χ1n) is 6.75. The highest BCUT2D eigenvalue weighted by Crippen LogP contribution is 2.23. The topological polar surface area (TPSA) is 43.8 Å². The van der Waals surface area contributed by atoms with Gasteiger partial charge in [0.25, 0.3) is 0 Å². The van der Waals surface area contributed by atoms with Gasteiger partial charge in [0.2, 0.25) is 0 Å². The summed E-state index contributed by atoms with van der Waals surface area (Å²) in [7, 11) is 0. The third-order valence-corrected chi connectivity index (χ3v) is 3.43. The summed E-state index contributed by atoms with van der Waals surface area (Å²) in [6, 6.07) is 6.54. The molecule has 2 N–H and O–H groups in total. The number of imidazole rings is 1. The number of nitrogens with two attached hydrogens (primary N) is 1. The summed E-state index contributed by atoms with van der Waals surface area (Å²) in [6.45, 7) is 9.56. The molecule has 0 aliphatic carbocycles. The molecule has 0 radical (unpaired) electrons. The summed E-state index contributed by atoms with van der Waals surface area (Å²) in [5.74, 6) is 1.69. The molecule has 0 saturated carbocycles. The molecule has 1 unspecified atom stereocenters. The first kappa shape index (κ1) is 13.1. The molecule has 1 heterocycles. The van der Waals surface area contributed by atoms with Gasteiger partial charge in [0, 0.05) is 12.6 Å². The van der Waals surface area contributed by atoms with E-state index < -0.39 is 0 Å². The lowest BCUT2D eigenvalue weighted by Crippen LogP contribution is -2.12. The molecule has 0 spiro atoms. The van der Waals surface area contributed by atoms with Crippen molar-refractivity contribution >= 4 is 11.0 Å². The lowest BCUT2D eigenvalue weighted by Gasteiger charge is -2.14. The fraction of sp³-hybridized carbons (Fsp3) is 0.533. The number of aryl methyl sites for hydroxylation is 2. The van der Waals surface area contributed by atoms with Gasteiger partial charge < -0.3 is 10.3 Å². The summed E-state index contributed by atoms with van der Waals surface area (Å²) >= 11 is 0. The van der Waals surface area contributed by atoms with E-state index in [4.69, 9.17) is 5.73 Å². The first-order valence-corrected chi connectivity index (χ1v) is 6.75. The van der Waals surface area contributed by atoms with Crippen LogP contribution in [0.3, 0.4) is 0 Å². The Labute approximate surface area is 109 Å². The fourth-order valence-corrected chi connectivity index (χ4v) is 2.54. The Morgan fingerprint density at radius 3 is 2.67 bits per heavy atom. The molecule has 1 aromatic heterocycles. The first-order chi connectivity index (χ1) is 8.52. The Balaban J connectivity index is 2.39. The molecule has 2 aromatic rings. The van der Waals surface area contributed by atoms with E-state index in [-0.39, 0.29) is 6.04 Å². The van der Waals surface area contributed by atoms with E-state index in [0.29, 0.717) is 5.92 Å². The zero-order valence-corrected chi connectivity index (χ0v) is 11.8. The molecule has 0 bridgehead atoms. The zero-order valence-electron chi connectivity index (χ0n) is 11.8. The fourth-order valence-electron chi connectivity index (χ4n) is 2.54. The quantitative estimate of drug-likeness (QED) is 0.897. The minimum absolute atomic E-state index is 0.112. The minimum atomic E-state index is 0.112. The second-order valence-electron chi connectivity index (χ2n) is 5.39.